The maximum Gasteiger partial charge on any atom is 0.216 e. The largest absolute Gasteiger partial charge is 0.493 e. The second-order valence-electron chi connectivity index (χ2n) is 6.60. The van der Waals surface area contributed by atoms with E-state index >= 15 is 0 Å². The second kappa shape index (κ2) is 9.59. The maximum atomic E-state index is 6.10. The van der Waals surface area contributed by atoms with Crippen LogP contribution in [0, 0.1) is 4.77 Å². The van der Waals surface area contributed by atoms with Crippen LogP contribution in [0.25, 0.3) is 11.4 Å². The number of H-pyrrole nitrogens is 1. The van der Waals surface area contributed by atoms with Gasteiger partial charge in [-0.3, -0.25) is 0 Å². The van der Waals surface area contributed by atoms with Gasteiger partial charge in [-0.25, -0.2) is 5.10 Å². The Morgan fingerprint density at radius 3 is 2.68 bits per heavy atom. The fraction of sp³-hybridized carbons (Fsp3) is 0.0870. The Morgan fingerprint density at radius 2 is 1.90 bits per heavy atom. The molecular weight excluding hydrogens is 432 g/mol. The first kappa shape index (κ1) is 20.8. The van der Waals surface area contributed by atoms with E-state index in [0.717, 1.165) is 16.7 Å². The van der Waals surface area contributed by atoms with Gasteiger partial charge in [0.05, 0.1) is 13.3 Å². The molecule has 3 aromatic carbocycles. The van der Waals surface area contributed by atoms with Crippen LogP contribution in [-0.4, -0.2) is 28.2 Å². The molecule has 1 N–H and O–H groups in total. The Kier molecular flexibility index (Phi) is 6.45. The first-order valence-corrected chi connectivity index (χ1v) is 10.2. The van der Waals surface area contributed by atoms with Crippen molar-refractivity contribution in [3.63, 3.8) is 0 Å². The molecule has 0 bridgehead atoms. The van der Waals surface area contributed by atoms with Crippen LogP contribution < -0.4 is 9.47 Å². The number of rotatable bonds is 7. The van der Waals surface area contributed by atoms with E-state index in [-0.39, 0.29) is 0 Å². The summed E-state index contributed by atoms with van der Waals surface area (Å²) in [5.41, 5.74) is 2.71. The average molecular weight is 451 g/mol. The average Bonchev–Trinajstić information content (AvgIpc) is 3.17. The summed E-state index contributed by atoms with van der Waals surface area (Å²) in [6.07, 6.45) is 1.68. The van der Waals surface area contributed by atoms with Gasteiger partial charge in [0.15, 0.2) is 17.3 Å². The summed E-state index contributed by atoms with van der Waals surface area (Å²) < 4.78 is 13.3. The molecule has 0 aliphatic rings. The highest BCUT2D eigenvalue weighted by Gasteiger charge is 2.09. The standard InChI is InChI=1S/C23H19ClN4O2S/c1-29-21-12-17(10-11-20(21)30-15-16-6-3-2-4-7-16)14-25-28-22(26-27-23(28)31)18-8-5-9-19(24)13-18/h2-14H,15H2,1H3,(H,27,31)/b25-14+. The normalized spacial score (nSPS) is 11.0. The zero-order valence-corrected chi connectivity index (χ0v) is 18.2. The third-order valence-electron chi connectivity index (χ3n) is 4.48. The number of nitrogens with zero attached hydrogens (tertiary/aromatic N) is 3. The van der Waals surface area contributed by atoms with Gasteiger partial charge in [-0.15, -0.1) is 0 Å². The molecule has 0 unspecified atom stereocenters. The van der Waals surface area contributed by atoms with Crippen molar-refractivity contribution >= 4 is 30.0 Å². The molecule has 0 radical (unpaired) electrons. The lowest BCUT2D eigenvalue weighted by atomic mass is 10.2. The topological polar surface area (TPSA) is 64.4 Å². The third kappa shape index (κ3) is 5.02. The predicted octanol–water partition coefficient (Wildman–Crippen LogP) is 5.73. The molecule has 1 aromatic heterocycles. The number of aromatic nitrogens is 3. The van der Waals surface area contributed by atoms with Crippen LogP contribution in [0.1, 0.15) is 11.1 Å². The van der Waals surface area contributed by atoms with Crippen molar-refractivity contribution in [2.75, 3.05) is 7.11 Å². The number of ether oxygens (including phenoxy) is 2. The summed E-state index contributed by atoms with van der Waals surface area (Å²) >= 11 is 11.4. The minimum atomic E-state index is 0.376. The van der Waals surface area contributed by atoms with E-state index in [2.05, 4.69) is 15.3 Å². The summed E-state index contributed by atoms with van der Waals surface area (Å²) in [6.45, 7) is 0.456. The Morgan fingerprint density at radius 1 is 1.06 bits per heavy atom. The summed E-state index contributed by atoms with van der Waals surface area (Å²) in [7, 11) is 1.61. The SMILES string of the molecule is COc1cc(/C=N/n2c(-c3cccc(Cl)c3)n[nH]c2=S)ccc1OCc1ccccc1. The van der Waals surface area contributed by atoms with Crippen molar-refractivity contribution in [1.82, 2.24) is 14.9 Å². The zero-order valence-electron chi connectivity index (χ0n) is 16.7. The highest BCUT2D eigenvalue weighted by atomic mass is 35.5. The van der Waals surface area contributed by atoms with E-state index in [1.807, 2.05) is 60.7 Å². The molecule has 8 heteroatoms. The Balaban J connectivity index is 1.56. The van der Waals surface area contributed by atoms with Crippen molar-refractivity contribution in [3.05, 3.63) is 93.7 Å². The van der Waals surface area contributed by atoms with E-state index in [0.29, 0.717) is 33.7 Å². The quantitative estimate of drug-likeness (QED) is 0.288. The first-order chi connectivity index (χ1) is 15.1. The molecule has 4 rings (SSSR count). The van der Waals surface area contributed by atoms with E-state index in [1.165, 1.54) is 0 Å². The molecule has 0 atom stereocenters. The molecule has 6 nitrogen and oxygen atoms in total. The zero-order chi connectivity index (χ0) is 21.6. The minimum Gasteiger partial charge on any atom is -0.493 e. The summed E-state index contributed by atoms with van der Waals surface area (Å²) in [5.74, 6) is 1.84. The molecule has 0 saturated carbocycles. The molecule has 156 valence electrons. The number of hydrogen-bond acceptors (Lipinski definition) is 5. The van der Waals surface area contributed by atoms with Crippen LogP contribution in [-0.2, 0) is 6.61 Å². The summed E-state index contributed by atoms with van der Waals surface area (Å²) in [5, 5.41) is 12.1. The van der Waals surface area contributed by atoms with Crippen LogP contribution in [0.15, 0.2) is 77.9 Å². The Bertz CT molecular complexity index is 1270. The van der Waals surface area contributed by atoms with Crippen molar-refractivity contribution in [2.45, 2.75) is 6.61 Å². The van der Waals surface area contributed by atoms with Gasteiger partial charge in [0, 0.05) is 10.6 Å². The lowest BCUT2D eigenvalue weighted by Gasteiger charge is -2.11. The van der Waals surface area contributed by atoms with Gasteiger partial charge in [-0.1, -0.05) is 54.1 Å². The second-order valence-corrected chi connectivity index (χ2v) is 7.43. The molecule has 0 spiro atoms. The minimum absolute atomic E-state index is 0.376. The highest BCUT2D eigenvalue weighted by molar-refractivity contribution is 7.71. The Labute approximate surface area is 189 Å². The van der Waals surface area contributed by atoms with Crippen molar-refractivity contribution < 1.29 is 9.47 Å². The lowest BCUT2D eigenvalue weighted by Crippen LogP contribution is -1.99. The molecule has 31 heavy (non-hydrogen) atoms. The molecule has 1 heterocycles. The smallest absolute Gasteiger partial charge is 0.216 e. The summed E-state index contributed by atoms with van der Waals surface area (Å²) in [6, 6.07) is 22.9. The number of hydrogen-bond donors (Lipinski definition) is 1. The van der Waals surface area contributed by atoms with Crippen LogP contribution in [0.5, 0.6) is 11.5 Å². The van der Waals surface area contributed by atoms with Crippen molar-refractivity contribution in [2.24, 2.45) is 5.10 Å². The molecule has 0 aliphatic heterocycles. The number of aromatic amines is 1. The van der Waals surface area contributed by atoms with Gasteiger partial charge >= 0.3 is 0 Å². The van der Waals surface area contributed by atoms with Crippen molar-refractivity contribution in [3.8, 4) is 22.9 Å². The first-order valence-electron chi connectivity index (χ1n) is 9.46. The van der Waals surface area contributed by atoms with Gasteiger partial charge in [0.25, 0.3) is 0 Å². The monoisotopic (exact) mass is 450 g/mol. The maximum absolute atomic E-state index is 6.10. The van der Waals surface area contributed by atoms with Gasteiger partial charge < -0.3 is 9.47 Å². The highest BCUT2D eigenvalue weighted by Crippen LogP contribution is 2.28. The van der Waals surface area contributed by atoms with E-state index in [9.17, 15) is 0 Å². The molecule has 0 amide bonds. The van der Waals surface area contributed by atoms with Crippen LogP contribution >= 0.6 is 23.8 Å². The van der Waals surface area contributed by atoms with Crippen LogP contribution in [0.4, 0.5) is 0 Å². The number of benzene rings is 3. The molecular formula is C23H19ClN4O2S. The van der Waals surface area contributed by atoms with Gasteiger partial charge in [-0.2, -0.15) is 14.9 Å². The molecule has 0 saturated heterocycles. The summed E-state index contributed by atoms with van der Waals surface area (Å²) in [4.78, 5) is 0. The van der Waals surface area contributed by atoms with Crippen LogP contribution in [0.3, 0.4) is 0 Å². The molecule has 4 aromatic rings. The number of methoxy groups -OCH3 is 1. The number of halogens is 1. The fourth-order valence-electron chi connectivity index (χ4n) is 2.96. The lowest BCUT2D eigenvalue weighted by molar-refractivity contribution is 0.284. The van der Waals surface area contributed by atoms with Crippen molar-refractivity contribution in [1.29, 1.82) is 0 Å². The van der Waals surface area contributed by atoms with Crippen LogP contribution in [0.2, 0.25) is 5.02 Å². The van der Waals surface area contributed by atoms with E-state index < -0.39 is 0 Å². The third-order valence-corrected chi connectivity index (χ3v) is 4.98. The van der Waals surface area contributed by atoms with Gasteiger partial charge in [-0.05, 0) is 53.7 Å². The molecule has 0 aliphatic carbocycles. The van der Waals surface area contributed by atoms with E-state index in [4.69, 9.17) is 33.3 Å². The number of nitrogens with one attached hydrogen (secondary N) is 1. The molecule has 0 fully saturated rings. The fourth-order valence-corrected chi connectivity index (χ4v) is 3.33. The van der Waals surface area contributed by atoms with Gasteiger partial charge in [0.2, 0.25) is 4.77 Å². The van der Waals surface area contributed by atoms with E-state index in [1.54, 1.807) is 30.1 Å². The predicted molar refractivity (Wildman–Crippen MR) is 125 cm³/mol. The van der Waals surface area contributed by atoms with Gasteiger partial charge in [0.1, 0.15) is 6.61 Å². The Hall–Kier alpha value is -3.42.